The van der Waals surface area contributed by atoms with Crippen LogP contribution < -0.4 is 0 Å². The molecule has 122 valence electrons. The predicted octanol–water partition coefficient (Wildman–Crippen LogP) is 4.10. The molecule has 0 aliphatic rings. The highest BCUT2D eigenvalue weighted by Gasteiger charge is 2.16. The molecule has 0 saturated carbocycles. The first kappa shape index (κ1) is 17.3. The molecule has 0 spiro atoms. The lowest BCUT2D eigenvalue weighted by Gasteiger charge is -2.11. The summed E-state index contributed by atoms with van der Waals surface area (Å²) in [7, 11) is 0. The molecule has 0 aliphatic heterocycles. The van der Waals surface area contributed by atoms with Crippen molar-refractivity contribution >= 4 is 11.9 Å². The number of unbranched alkanes of at least 4 members (excludes halogenated alkanes) is 1. The summed E-state index contributed by atoms with van der Waals surface area (Å²) in [6, 6.07) is 11.4. The van der Waals surface area contributed by atoms with Gasteiger partial charge in [-0.2, -0.15) is 0 Å². The quantitative estimate of drug-likeness (QED) is 0.813. The van der Waals surface area contributed by atoms with Gasteiger partial charge in [-0.3, -0.25) is 0 Å². The molecule has 0 bridgehead atoms. The maximum Gasteiger partial charge on any atom is 0.336 e. The summed E-state index contributed by atoms with van der Waals surface area (Å²) >= 11 is 0. The van der Waals surface area contributed by atoms with E-state index in [-0.39, 0.29) is 11.1 Å². The Balaban J connectivity index is 2.55. The largest absolute Gasteiger partial charge is 0.478 e. The summed E-state index contributed by atoms with van der Waals surface area (Å²) in [5.74, 6) is 3.98. The van der Waals surface area contributed by atoms with Gasteiger partial charge in [0, 0.05) is 12.8 Å². The van der Waals surface area contributed by atoms with Gasteiger partial charge in [0.05, 0.1) is 11.1 Å². The topological polar surface area (TPSA) is 74.6 Å². The van der Waals surface area contributed by atoms with Gasteiger partial charge in [0.2, 0.25) is 0 Å². The van der Waals surface area contributed by atoms with Crippen LogP contribution in [0, 0.1) is 11.8 Å². The van der Waals surface area contributed by atoms with Crippen LogP contribution in [0.4, 0.5) is 0 Å². The van der Waals surface area contributed by atoms with Crippen LogP contribution in [0.2, 0.25) is 0 Å². The summed E-state index contributed by atoms with van der Waals surface area (Å²) in [4.78, 5) is 22.7. The molecule has 0 saturated heterocycles. The van der Waals surface area contributed by atoms with E-state index in [2.05, 4.69) is 18.8 Å². The molecule has 0 aliphatic carbocycles. The number of rotatable bonds is 5. The zero-order chi connectivity index (χ0) is 17.5. The van der Waals surface area contributed by atoms with Crippen molar-refractivity contribution in [1.29, 1.82) is 0 Å². The Morgan fingerprint density at radius 3 is 2.38 bits per heavy atom. The lowest BCUT2D eigenvalue weighted by Crippen LogP contribution is -2.04. The molecule has 0 unspecified atom stereocenters. The molecule has 4 nitrogen and oxygen atoms in total. The average Bonchev–Trinajstić information content (AvgIpc) is 2.58. The molecule has 0 heterocycles. The van der Waals surface area contributed by atoms with Crippen LogP contribution in [-0.2, 0) is 6.42 Å². The maximum absolute atomic E-state index is 11.5. The van der Waals surface area contributed by atoms with Crippen LogP contribution in [0.3, 0.4) is 0 Å². The highest BCUT2D eigenvalue weighted by molar-refractivity contribution is 5.99. The zero-order valence-electron chi connectivity index (χ0n) is 13.4. The van der Waals surface area contributed by atoms with Crippen molar-refractivity contribution in [2.24, 2.45) is 0 Å². The van der Waals surface area contributed by atoms with Crippen LogP contribution in [0.15, 0.2) is 42.5 Å². The number of hydrogen-bond acceptors (Lipinski definition) is 2. The number of carbonyl (C=O) groups is 2. The normalized spacial score (nSPS) is 9.88. The van der Waals surface area contributed by atoms with Gasteiger partial charge in [-0.15, -0.1) is 5.92 Å². The Hall–Kier alpha value is -3.06. The minimum atomic E-state index is -1.09. The Bertz CT molecular complexity index is 825. The van der Waals surface area contributed by atoms with E-state index < -0.39 is 11.9 Å². The Labute approximate surface area is 140 Å². The fourth-order valence-corrected chi connectivity index (χ4v) is 2.39. The molecule has 24 heavy (non-hydrogen) atoms. The van der Waals surface area contributed by atoms with E-state index in [4.69, 9.17) is 0 Å². The minimum Gasteiger partial charge on any atom is -0.478 e. The predicted molar refractivity (Wildman–Crippen MR) is 92.2 cm³/mol. The smallest absolute Gasteiger partial charge is 0.336 e. The lowest BCUT2D eigenvalue weighted by atomic mass is 9.92. The van der Waals surface area contributed by atoms with Crippen molar-refractivity contribution < 1.29 is 19.8 Å². The second-order valence-corrected chi connectivity index (χ2v) is 5.31. The summed E-state index contributed by atoms with van der Waals surface area (Å²) in [6.45, 7) is 2.05. The van der Waals surface area contributed by atoms with Gasteiger partial charge >= 0.3 is 11.9 Å². The Kier molecular flexibility index (Phi) is 5.75. The number of aromatic carboxylic acids is 2. The Morgan fingerprint density at radius 2 is 1.71 bits per heavy atom. The van der Waals surface area contributed by atoms with E-state index in [1.807, 2.05) is 12.1 Å². The molecule has 2 aromatic carbocycles. The van der Waals surface area contributed by atoms with E-state index >= 15 is 0 Å². The van der Waals surface area contributed by atoms with Crippen LogP contribution in [0.5, 0.6) is 0 Å². The van der Waals surface area contributed by atoms with Gasteiger partial charge in [0.1, 0.15) is 0 Å². The molecule has 2 rings (SSSR count). The first-order chi connectivity index (χ1) is 11.5. The molecule has 0 aromatic heterocycles. The Morgan fingerprint density at radius 1 is 0.958 bits per heavy atom. The SMILES string of the molecule is CCCC#CCc1ccccc1-c1cc(C(=O)O)ccc1C(=O)O. The number of carboxylic acid groups (broad SMARTS) is 2. The second-order valence-electron chi connectivity index (χ2n) is 5.31. The second kappa shape index (κ2) is 7.98. The van der Waals surface area contributed by atoms with Gasteiger partial charge in [-0.25, -0.2) is 9.59 Å². The summed E-state index contributed by atoms with van der Waals surface area (Å²) < 4.78 is 0. The van der Waals surface area contributed by atoms with E-state index in [9.17, 15) is 19.8 Å². The van der Waals surface area contributed by atoms with Crippen molar-refractivity contribution in [3.63, 3.8) is 0 Å². The third-order valence-corrected chi connectivity index (χ3v) is 3.58. The molecular weight excluding hydrogens is 304 g/mol. The first-order valence-corrected chi connectivity index (χ1v) is 7.69. The van der Waals surface area contributed by atoms with Crippen LogP contribution in [-0.4, -0.2) is 22.2 Å². The average molecular weight is 322 g/mol. The highest BCUT2D eigenvalue weighted by atomic mass is 16.4. The lowest BCUT2D eigenvalue weighted by molar-refractivity contribution is 0.0682. The third kappa shape index (κ3) is 4.02. The zero-order valence-corrected chi connectivity index (χ0v) is 13.4. The molecule has 0 amide bonds. The van der Waals surface area contributed by atoms with Gasteiger partial charge in [-0.1, -0.05) is 37.1 Å². The van der Waals surface area contributed by atoms with Gasteiger partial charge in [0.15, 0.2) is 0 Å². The fourth-order valence-electron chi connectivity index (χ4n) is 2.39. The van der Waals surface area contributed by atoms with Crippen LogP contribution >= 0.6 is 0 Å². The number of hydrogen-bond donors (Lipinski definition) is 2. The van der Waals surface area contributed by atoms with Gasteiger partial charge < -0.3 is 10.2 Å². The van der Waals surface area contributed by atoms with E-state index in [0.717, 1.165) is 18.4 Å². The van der Waals surface area contributed by atoms with Crippen molar-refractivity contribution in [3.05, 3.63) is 59.2 Å². The molecule has 4 heteroatoms. The molecular formula is C20H18O4. The summed E-state index contributed by atoms with van der Waals surface area (Å²) in [5.41, 5.74) is 2.11. The van der Waals surface area contributed by atoms with Gasteiger partial charge in [-0.05, 0) is 41.3 Å². The summed E-state index contributed by atoms with van der Waals surface area (Å²) in [5, 5.41) is 18.6. The molecule has 0 atom stereocenters. The van der Waals surface area contributed by atoms with Crippen molar-refractivity contribution in [2.45, 2.75) is 26.2 Å². The third-order valence-electron chi connectivity index (χ3n) is 3.58. The van der Waals surface area contributed by atoms with E-state index in [1.165, 1.54) is 18.2 Å². The number of benzene rings is 2. The van der Waals surface area contributed by atoms with Crippen LogP contribution in [0.25, 0.3) is 11.1 Å². The van der Waals surface area contributed by atoms with E-state index in [0.29, 0.717) is 17.5 Å². The van der Waals surface area contributed by atoms with E-state index in [1.54, 1.807) is 12.1 Å². The minimum absolute atomic E-state index is 0.0573. The standard InChI is InChI=1S/C20H18O4/c1-2-3-4-5-8-14-9-6-7-10-16(14)18-13-15(19(21)22)11-12-17(18)20(23)24/h6-7,9-13H,2-3,8H2,1H3,(H,21,22)(H,23,24). The van der Waals surface area contributed by atoms with Crippen molar-refractivity contribution in [1.82, 2.24) is 0 Å². The van der Waals surface area contributed by atoms with Crippen molar-refractivity contribution in [3.8, 4) is 23.0 Å². The molecule has 0 fully saturated rings. The number of carboxylic acids is 2. The van der Waals surface area contributed by atoms with Gasteiger partial charge in [0.25, 0.3) is 0 Å². The molecule has 2 aromatic rings. The maximum atomic E-state index is 11.5. The highest BCUT2D eigenvalue weighted by Crippen LogP contribution is 2.29. The summed E-state index contributed by atoms with van der Waals surface area (Å²) in [6.07, 6.45) is 2.29. The first-order valence-electron chi connectivity index (χ1n) is 7.69. The fraction of sp³-hybridized carbons (Fsp3) is 0.200. The monoisotopic (exact) mass is 322 g/mol. The van der Waals surface area contributed by atoms with Crippen LogP contribution in [0.1, 0.15) is 46.0 Å². The molecule has 0 radical (unpaired) electrons. The molecule has 2 N–H and O–H groups in total. The van der Waals surface area contributed by atoms with Crippen molar-refractivity contribution in [2.75, 3.05) is 0 Å².